The molecule has 0 heterocycles. The van der Waals surface area contributed by atoms with E-state index in [1.165, 1.54) is 24.3 Å². The number of nitrogens with one attached hydrogen (secondary N) is 2. The van der Waals surface area contributed by atoms with Crippen LogP contribution in [0.2, 0.25) is 0 Å². The highest BCUT2D eigenvalue weighted by molar-refractivity contribution is 7.90. The fraction of sp³-hybridized carbons (Fsp3) is 0.222. The van der Waals surface area contributed by atoms with Gasteiger partial charge < -0.3 is 10.6 Å². The summed E-state index contributed by atoms with van der Waals surface area (Å²) >= 11 is 0. The average molecular weight is 360 g/mol. The summed E-state index contributed by atoms with van der Waals surface area (Å²) in [4.78, 5) is 24.7. The van der Waals surface area contributed by atoms with Crippen molar-refractivity contribution in [3.8, 4) is 0 Å². The zero-order chi connectivity index (χ0) is 18.4. The maximum absolute atomic E-state index is 12.3. The van der Waals surface area contributed by atoms with E-state index in [0.717, 1.165) is 6.26 Å². The van der Waals surface area contributed by atoms with Crippen molar-refractivity contribution in [3.05, 3.63) is 60.2 Å². The van der Waals surface area contributed by atoms with Crippen molar-refractivity contribution < 1.29 is 18.0 Å². The van der Waals surface area contributed by atoms with E-state index in [-0.39, 0.29) is 16.7 Å². The topological polar surface area (TPSA) is 92.3 Å². The number of hydrogen-bond acceptors (Lipinski definition) is 4. The van der Waals surface area contributed by atoms with Gasteiger partial charge in [-0.05, 0) is 42.8 Å². The highest BCUT2D eigenvalue weighted by atomic mass is 32.2. The number of carbonyl (C=O) groups excluding carboxylic acids is 2. The number of rotatable bonds is 6. The van der Waals surface area contributed by atoms with Gasteiger partial charge in [0.25, 0.3) is 5.91 Å². The molecule has 0 fully saturated rings. The third-order valence-electron chi connectivity index (χ3n) is 3.62. The van der Waals surface area contributed by atoms with Gasteiger partial charge in [0.1, 0.15) is 6.04 Å². The predicted molar refractivity (Wildman–Crippen MR) is 96.2 cm³/mol. The summed E-state index contributed by atoms with van der Waals surface area (Å²) in [5, 5.41) is 5.37. The normalized spacial score (nSPS) is 12.2. The molecular formula is C18H20N2O4S. The fourth-order valence-electron chi connectivity index (χ4n) is 2.20. The summed E-state index contributed by atoms with van der Waals surface area (Å²) in [7, 11) is -3.29. The lowest BCUT2D eigenvalue weighted by Gasteiger charge is -2.17. The number of anilines is 1. The Hall–Kier alpha value is -2.67. The van der Waals surface area contributed by atoms with Crippen LogP contribution in [0.4, 0.5) is 5.69 Å². The van der Waals surface area contributed by atoms with E-state index in [1.807, 2.05) is 0 Å². The van der Waals surface area contributed by atoms with E-state index in [0.29, 0.717) is 17.7 Å². The molecule has 6 nitrogen and oxygen atoms in total. The summed E-state index contributed by atoms with van der Waals surface area (Å²) in [6.45, 7) is 1.79. The van der Waals surface area contributed by atoms with Gasteiger partial charge in [0.15, 0.2) is 9.84 Å². The summed E-state index contributed by atoms with van der Waals surface area (Å²) in [6, 6.07) is 13.8. The number of benzene rings is 2. The van der Waals surface area contributed by atoms with Crippen molar-refractivity contribution in [2.75, 3.05) is 11.6 Å². The summed E-state index contributed by atoms with van der Waals surface area (Å²) in [6.07, 6.45) is 1.54. The highest BCUT2D eigenvalue weighted by Gasteiger charge is 2.19. The Morgan fingerprint density at radius 2 is 1.60 bits per heavy atom. The van der Waals surface area contributed by atoms with Crippen LogP contribution < -0.4 is 10.6 Å². The van der Waals surface area contributed by atoms with Gasteiger partial charge >= 0.3 is 0 Å². The summed E-state index contributed by atoms with van der Waals surface area (Å²) in [5.74, 6) is -0.686. The van der Waals surface area contributed by atoms with Gasteiger partial charge in [-0.15, -0.1) is 0 Å². The molecule has 0 bridgehead atoms. The molecule has 0 aromatic heterocycles. The van der Waals surface area contributed by atoms with Gasteiger partial charge in [-0.2, -0.15) is 0 Å². The van der Waals surface area contributed by atoms with Gasteiger partial charge in [-0.25, -0.2) is 8.42 Å². The molecule has 1 unspecified atom stereocenters. The lowest BCUT2D eigenvalue weighted by molar-refractivity contribution is -0.118. The van der Waals surface area contributed by atoms with Crippen molar-refractivity contribution in [2.24, 2.45) is 0 Å². The molecule has 0 aliphatic rings. The Bertz CT molecular complexity index is 846. The molecule has 0 saturated heterocycles. The zero-order valence-corrected chi connectivity index (χ0v) is 14.8. The molecule has 25 heavy (non-hydrogen) atoms. The Kier molecular flexibility index (Phi) is 5.93. The Morgan fingerprint density at radius 3 is 2.12 bits per heavy atom. The van der Waals surface area contributed by atoms with Crippen LogP contribution in [0.25, 0.3) is 0 Å². The van der Waals surface area contributed by atoms with Crippen LogP contribution in [-0.2, 0) is 14.6 Å². The minimum Gasteiger partial charge on any atom is -0.340 e. The van der Waals surface area contributed by atoms with Gasteiger partial charge in [0, 0.05) is 17.5 Å². The second-order valence-electron chi connectivity index (χ2n) is 5.59. The van der Waals surface area contributed by atoms with Gasteiger partial charge in [-0.1, -0.05) is 25.1 Å². The molecule has 7 heteroatoms. The predicted octanol–water partition coefficient (Wildman–Crippen LogP) is 2.24. The number of hydrogen-bond donors (Lipinski definition) is 2. The Balaban J connectivity index is 2.03. The number of amides is 2. The Morgan fingerprint density at radius 1 is 1.00 bits per heavy atom. The second-order valence-corrected chi connectivity index (χ2v) is 7.60. The molecule has 0 radical (unpaired) electrons. The lowest BCUT2D eigenvalue weighted by atomic mass is 10.1. The highest BCUT2D eigenvalue weighted by Crippen LogP contribution is 2.14. The monoisotopic (exact) mass is 360 g/mol. The Labute approximate surface area is 147 Å². The number of sulfone groups is 1. The van der Waals surface area contributed by atoms with Crippen molar-refractivity contribution in [3.63, 3.8) is 0 Å². The molecule has 2 aromatic carbocycles. The fourth-order valence-corrected chi connectivity index (χ4v) is 2.83. The molecule has 2 amide bonds. The maximum Gasteiger partial charge on any atom is 0.251 e. The molecule has 2 rings (SSSR count). The third-order valence-corrected chi connectivity index (χ3v) is 4.74. The zero-order valence-electron chi connectivity index (χ0n) is 14.0. The minimum atomic E-state index is -3.29. The molecule has 2 aromatic rings. The smallest absolute Gasteiger partial charge is 0.251 e. The second kappa shape index (κ2) is 7.94. The molecule has 132 valence electrons. The molecule has 0 saturated carbocycles. The first-order valence-corrected chi connectivity index (χ1v) is 9.67. The van der Waals surface area contributed by atoms with Gasteiger partial charge in [-0.3, -0.25) is 9.59 Å². The molecule has 0 aliphatic carbocycles. The average Bonchev–Trinajstić information content (AvgIpc) is 2.59. The largest absolute Gasteiger partial charge is 0.340 e. The van der Waals surface area contributed by atoms with E-state index in [1.54, 1.807) is 37.3 Å². The van der Waals surface area contributed by atoms with E-state index in [9.17, 15) is 18.0 Å². The van der Waals surface area contributed by atoms with Crippen molar-refractivity contribution in [1.82, 2.24) is 5.32 Å². The summed E-state index contributed by atoms with van der Waals surface area (Å²) < 4.78 is 22.9. The first kappa shape index (κ1) is 18.7. The van der Waals surface area contributed by atoms with Crippen LogP contribution >= 0.6 is 0 Å². The minimum absolute atomic E-state index is 0.176. The van der Waals surface area contributed by atoms with Gasteiger partial charge in [0.2, 0.25) is 5.91 Å². The van der Waals surface area contributed by atoms with E-state index < -0.39 is 15.9 Å². The molecule has 1 atom stereocenters. The van der Waals surface area contributed by atoms with Gasteiger partial charge in [0.05, 0.1) is 4.90 Å². The van der Waals surface area contributed by atoms with Crippen LogP contribution in [0.1, 0.15) is 23.7 Å². The van der Waals surface area contributed by atoms with E-state index in [2.05, 4.69) is 10.6 Å². The van der Waals surface area contributed by atoms with Crippen LogP contribution in [0, 0.1) is 0 Å². The standard InChI is InChI=1S/C18H20N2O4S/c1-3-16(20-17(21)13-7-5-4-6-8-13)18(22)19-14-9-11-15(12-10-14)25(2,23)24/h4-12,16H,3H2,1-2H3,(H,19,22)(H,20,21). The summed E-state index contributed by atoms with van der Waals surface area (Å²) in [5.41, 5.74) is 0.941. The third kappa shape index (κ3) is 5.15. The van der Waals surface area contributed by atoms with Crippen LogP contribution in [0.3, 0.4) is 0 Å². The number of carbonyl (C=O) groups is 2. The van der Waals surface area contributed by atoms with Crippen LogP contribution in [-0.4, -0.2) is 32.5 Å². The molecule has 0 aliphatic heterocycles. The van der Waals surface area contributed by atoms with Crippen LogP contribution in [0.15, 0.2) is 59.5 Å². The van der Waals surface area contributed by atoms with E-state index >= 15 is 0 Å². The first-order valence-electron chi connectivity index (χ1n) is 7.78. The SMILES string of the molecule is CCC(NC(=O)c1ccccc1)C(=O)Nc1ccc(S(C)(=O)=O)cc1. The molecule has 0 spiro atoms. The van der Waals surface area contributed by atoms with Crippen molar-refractivity contribution in [1.29, 1.82) is 0 Å². The molecular weight excluding hydrogens is 340 g/mol. The van der Waals surface area contributed by atoms with E-state index in [4.69, 9.17) is 0 Å². The first-order chi connectivity index (χ1) is 11.8. The van der Waals surface area contributed by atoms with Crippen molar-refractivity contribution in [2.45, 2.75) is 24.3 Å². The van der Waals surface area contributed by atoms with Crippen LogP contribution in [0.5, 0.6) is 0 Å². The van der Waals surface area contributed by atoms with Crippen molar-refractivity contribution >= 4 is 27.3 Å². The lowest BCUT2D eigenvalue weighted by Crippen LogP contribution is -2.43. The quantitative estimate of drug-likeness (QED) is 0.826. The molecule has 2 N–H and O–H groups in total. The maximum atomic E-state index is 12.3.